The third kappa shape index (κ3) is 2.34. The number of carbonyl (C=O) groups is 1. The van der Waals surface area contributed by atoms with Gasteiger partial charge in [-0.1, -0.05) is 13.8 Å². The van der Waals surface area contributed by atoms with Crippen LogP contribution in [0, 0.1) is 0 Å². The van der Waals surface area contributed by atoms with Crippen LogP contribution in [-0.4, -0.2) is 31.1 Å². The van der Waals surface area contributed by atoms with Crippen LogP contribution in [0.5, 0.6) is 0 Å². The largest absolute Gasteiger partial charge is 0.468 e. The van der Waals surface area contributed by atoms with Crippen molar-refractivity contribution < 1.29 is 14.1 Å². The van der Waals surface area contributed by atoms with E-state index in [4.69, 9.17) is 0 Å². The molecule has 1 atom stereocenters. The smallest absolute Gasteiger partial charge is 0.315 e. The second kappa shape index (κ2) is 4.66. The molecule has 72 valence electrons. The van der Waals surface area contributed by atoms with Gasteiger partial charge < -0.3 is 9.30 Å². The Morgan fingerprint density at radius 2 is 1.83 bits per heavy atom. The Bertz CT molecular complexity index is 192. The minimum atomic E-state index is -2.32. The van der Waals surface area contributed by atoms with Gasteiger partial charge in [-0.3, -0.25) is 4.79 Å². The summed E-state index contributed by atoms with van der Waals surface area (Å²) in [5.74, 6) is -0.359. The maximum Gasteiger partial charge on any atom is 0.315 e. The van der Waals surface area contributed by atoms with Gasteiger partial charge in [0.2, 0.25) is 0 Å². The Morgan fingerprint density at radius 1 is 1.42 bits per heavy atom. The fourth-order valence-electron chi connectivity index (χ4n) is 1.13. The van der Waals surface area contributed by atoms with Crippen LogP contribution in [0.1, 0.15) is 20.8 Å². The lowest BCUT2D eigenvalue weighted by atomic mass is 10.5. The van der Waals surface area contributed by atoms with E-state index >= 15 is 0 Å². The van der Waals surface area contributed by atoms with E-state index in [-0.39, 0.29) is 5.97 Å². The Labute approximate surface area is 73.9 Å². The van der Waals surface area contributed by atoms with Crippen molar-refractivity contribution in [3.63, 3.8) is 0 Å². The third-order valence-corrected chi connectivity index (χ3v) is 6.08. The first-order valence-electron chi connectivity index (χ1n) is 4.17. The monoisotopic (exact) mass is 192 g/mol. The summed E-state index contributed by atoms with van der Waals surface area (Å²) in [5.41, 5.74) is -0.447. The van der Waals surface area contributed by atoms with Gasteiger partial charge in [0.25, 0.3) is 0 Å². The Morgan fingerprint density at radius 3 is 2.08 bits per heavy atom. The molecule has 0 spiro atoms. The summed E-state index contributed by atoms with van der Waals surface area (Å²) in [6, 6.07) is 0. The molecule has 0 heterocycles. The van der Waals surface area contributed by atoms with Crippen LogP contribution in [0.25, 0.3) is 0 Å². The highest BCUT2D eigenvalue weighted by Crippen LogP contribution is 2.49. The molecule has 0 aliphatic rings. The standard InChI is InChI=1S/C8H17O3P/c1-5-12(10,6-2)7(3)8(9)11-4/h7H,5-6H2,1-4H3. The maximum absolute atomic E-state index is 12.0. The maximum atomic E-state index is 12.0. The quantitative estimate of drug-likeness (QED) is 0.505. The second-order valence-electron chi connectivity index (χ2n) is 2.78. The first-order chi connectivity index (χ1) is 5.51. The van der Waals surface area contributed by atoms with Gasteiger partial charge in [-0.25, -0.2) is 0 Å². The molecule has 1 unspecified atom stereocenters. The highest BCUT2D eigenvalue weighted by molar-refractivity contribution is 7.65. The summed E-state index contributed by atoms with van der Waals surface area (Å²) >= 11 is 0. The Balaban J connectivity index is 4.53. The van der Waals surface area contributed by atoms with Crippen LogP contribution in [0.4, 0.5) is 0 Å². The zero-order valence-corrected chi connectivity index (χ0v) is 9.06. The van der Waals surface area contributed by atoms with Gasteiger partial charge in [0.15, 0.2) is 0 Å². The molecule has 0 aromatic carbocycles. The van der Waals surface area contributed by atoms with Crippen molar-refractivity contribution in [2.75, 3.05) is 19.4 Å². The number of ether oxygens (including phenoxy) is 1. The van der Waals surface area contributed by atoms with Crippen molar-refractivity contribution in [1.82, 2.24) is 0 Å². The first-order valence-corrected chi connectivity index (χ1v) is 6.32. The van der Waals surface area contributed by atoms with Crippen molar-refractivity contribution >= 4 is 13.1 Å². The number of rotatable bonds is 4. The normalized spacial score (nSPS) is 14.0. The highest BCUT2D eigenvalue weighted by atomic mass is 31.2. The van der Waals surface area contributed by atoms with E-state index in [2.05, 4.69) is 4.74 Å². The summed E-state index contributed by atoms with van der Waals surface area (Å²) in [5, 5.41) is 0. The molecule has 0 saturated heterocycles. The molecule has 0 aliphatic carbocycles. The van der Waals surface area contributed by atoms with Crippen molar-refractivity contribution in [3.05, 3.63) is 0 Å². The summed E-state index contributed by atoms with van der Waals surface area (Å²) in [6.07, 6.45) is 1.14. The van der Waals surface area contributed by atoms with Gasteiger partial charge in [-0.05, 0) is 19.2 Å². The number of methoxy groups -OCH3 is 1. The zero-order valence-electron chi connectivity index (χ0n) is 8.16. The van der Waals surface area contributed by atoms with Crippen molar-refractivity contribution in [2.24, 2.45) is 0 Å². The average molecular weight is 192 g/mol. The summed E-state index contributed by atoms with van der Waals surface area (Å²) in [6.45, 7) is 5.38. The lowest BCUT2D eigenvalue weighted by Crippen LogP contribution is -2.20. The molecule has 0 rings (SSSR count). The first kappa shape index (κ1) is 11.7. The lowest BCUT2D eigenvalue weighted by Gasteiger charge is -2.19. The van der Waals surface area contributed by atoms with Gasteiger partial charge in [0.05, 0.1) is 7.11 Å². The van der Waals surface area contributed by atoms with Crippen LogP contribution < -0.4 is 0 Å². The van der Waals surface area contributed by atoms with E-state index in [1.165, 1.54) is 7.11 Å². The van der Waals surface area contributed by atoms with Crippen LogP contribution in [0.2, 0.25) is 0 Å². The summed E-state index contributed by atoms with van der Waals surface area (Å²) in [4.78, 5) is 11.1. The van der Waals surface area contributed by atoms with Crippen molar-refractivity contribution in [2.45, 2.75) is 26.4 Å². The van der Waals surface area contributed by atoms with E-state index in [0.717, 1.165) is 0 Å². The predicted octanol–water partition coefficient (Wildman–Crippen LogP) is 1.95. The van der Waals surface area contributed by atoms with E-state index in [9.17, 15) is 9.36 Å². The van der Waals surface area contributed by atoms with Crippen LogP contribution >= 0.6 is 7.14 Å². The molecule has 12 heavy (non-hydrogen) atoms. The number of carbonyl (C=O) groups excluding carboxylic acids is 1. The molecular weight excluding hydrogens is 175 g/mol. The van der Waals surface area contributed by atoms with Crippen molar-refractivity contribution in [3.8, 4) is 0 Å². The number of esters is 1. The van der Waals surface area contributed by atoms with E-state index in [1.807, 2.05) is 13.8 Å². The summed E-state index contributed by atoms with van der Waals surface area (Å²) in [7, 11) is -0.992. The number of hydrogen-bond acceptors (Lipinski definition) is 3. The molecule has 0 aromatic rings. The predicted molar refractivity (Wildman–Crippen MR) is 50.2 cm³/mol. The molecule has 0 bridgehead atoms. The van der Waals surface area contributed by atoms with E-state index in [0.29, 0.717) is 12.3 Å². The molecule has 0 aliphatic heterocycles. The van der Waals surface area contributed by atoms with Crippen LogP contribution in [0.15, 0.2) is 0 Å². The minimum absolute atomic E-state index is 0.359. The fourth-order valence-corrected chi connectivity index (χ4v) is 3.17. The zero-order chi connectivity index (χ0) is 9.78. The molecule has 0 fully saturated rings. The highest BCUT2D eigenvalue weighted by Gasteiger charge is 2.31. The molecular formula is C8H17O3P. The van der Waals surface area contributed by atoms with Crippen molar-refractivity contribution in [1.29, 1.82) is 0 Å². The fraction of sp³-hybridized carbons (Fsp3) is 0.875. The molecule has 0 aromatic heterocycles. The third-order valence-electron chi connectivity index (χ3n) is 2.32. The van der Waals surface area contributed by atoms with E-state index in [1.54, 1.807) is 6.92 Å². The van der Waals surface area contributed by atoms with E-state index < -0.39 is 12.8 Å². The average Bonchev–Trinajstić information content (AvgIpc) is 2.14. The van der Waals surface area contributed by atoms with Gasteiger partial charge in [-0.15, -0.1) is 0 Å². The Kier molecular flexibility index (Phi) is 4.54. The minimum Gasteiger partial charge on any atom is -0.468 e. The van der Waals surface area contributed by atoms with Gasteiger partial charge in [0.1, 0.15) is 12.8 Å². The molecule has 0 N–H and O–H groups in total. The van der Waals surface area contributed by atoms with Gasteiger partial charge in [0, 0.05) is 0 Å². The molecule has 0 radical (unpaired) electrons. The molecule has 3 nitrogen and oxygen atoms in total. The van der Waals surface area contributed by atoms with Crippen LogP contribution in [-0.2, 0) is 14.1 Å². The Hall–Kier alpha value is -0.300. The SMILES string of the molecule is CCP(=O)(CC)C(C)C(=O)OC. The topological polar surface area (TPSA) is 43.4 Å². The molecule has 0 saturated carbocycles. The van der Waals surface area contributed by atoms with Crippen LogP contribution in [0.3, 0.4) is 0 Å². The van der Waals surface area contributed by atoms with Gasteiger partial charge in [-0.2, -0.15) is 0 Å². The lowest BCUT2D eigenvalue weighted by molar-refractivity contribution is -0.139. The second-order valence-corrected chi connectivity index (χ2v) is 6.73. The molecule has 4 heteroatoms. The number of hydrogen-bond donors (Lipinski definition) is 0. The molecule has 0 amide bonds. The summed E-state index contributed by atoms with van der Waals surface area (Å²) < 4.78 is 16.5. The van der Waals surface area contributed by atoms with Gasteiger partial charge >= 0.3 is 5.97 Å².